The summed E-state index contributed by atoms with van der Waals surface area (Å²) in [4.78, 5) is 12.2. The number of methoxy groups -OCH3 is 1. The van der Waals surface area contributed by atoms with Crippen molar-refractivity contribution in [2.24, 2.45) is 0 Å². The van der Waals surface area contributed by atoms with Crippen molar-refractivity contribution in [1.82, 2.24) is 0 Å². The summed E-state index contributed by atoms with van der Waals surface area (Å²) in [5, 5.41) is 2.69. The topological polar surface area (TPSA) is 93.7 Å². The van der Waals surface area contributed by atoms with E-state index in [9.17, 15) is 13.2 Å². The van der Waals surface area contributed by atoms with Crippen LogP contribution in [0.15, 0.2) is 77.7 Å². The van der Waals surface area contributed by atoms with E-state index in [1.165, 1.54) is 36.9 Å². The zero-order chi connectivity index (χ0) is 23.1. The Morgan fingerprint density at radius 1 is 0.844 bits per heavy atom. The van der Waals surface area contributed by atoms with E-state index in [2.05, 4.69) is 23.9 Å². The molecule has 0 aliphatic heterocycles. The summed E-state index contributed by atoms with van der Waals surface area (Å²) in [6, 6.07) is 20.1. The van der Waals surface area contributed by atoms with Crippen LogP contribution in [0.1, 0.15) is 25.3 Å². The van der Waals surface area contributed by atoms with E-state index in [0.717, 1.165) is 0 Å². The monoisotopic (exact) mass is 454 g/mol. The van der Waals surface area contributed by atoms with Crippen molar-refractivity contribution in [3.8, 4) is 11.5 Å². The first kappa shape index (κ1) is 23.1. The summed E-state index contributed by atoms with van der Waals surface area (Å²) in [5.74, 6) is 1.32. The number of ether oxygens (including phenoxy) is 2. The molecule has 8 heteroatoms. The average Bonchev–Trinajstić information content (AvgIpc) is 2.78. The van der Waals surface area contributed by atoms with Crippen molar-refractivity contribution in [1.29, 1.82) is 0 Å². The maximum Gasteiger partial charge on any atom is 0.262 e. The van der Waals surface area contributed by atoms with Crippen molar-refractivity contribution in [2.75, 3.05) is 23.8 Å². The molecule has 0 fully saturated rings. The fourth-order valence-electron chi connectivity index (χ4n) is 2.89. The molecule has 168 valence electrons. The Kier molecular flexibility index (Phi) is 7.37. The molecule has 0 heterocycles. The number of carbonyl (C=O) groups is 1. The molecular formula is C24H26N2O5S. The number of carbonyl (C=O) groups excluding carboxylic acids is 1. The van der Waals surface area contributed by atoms with E-state index in [-0.39, 0.29) is 17.4 Å². The SMILES string of the molecule is COc1ccc(NS(=O)(=O)c2ccc(NC(=O)COc3ccc(C(C)C)cc3)cc2)cc1. The molecule has 1 amide bonds. The van der Waals surface area contributed by atoms with Crippen molar-refractivity contribution in [2.45, 2.75) is 24.7 Å². The molecule has 0 spiro atoms. The lowest BCUT2D eigenvalue weighted by molar-refractivity contribution is -0.118. The Morgan fingerprint density at radius 2 is 1.41 bits per heavy atom. The Bertz CT molecular complexity index is 1140. The summed E-state index contributed by atoms with van der Waals surface area (Å²) in [6.45, 7) is 4.06. The highest BCUT2D eigenvalue weighted by molar-refractivity contribution is 7.92. The van der Waals surface area contributed by atoms with Crippen LogP contribution in [0.4, 0.5) is 11.4 Å². The first-order valence-electron chi connectivity index (χ1n) is 10.1. The molecule has 0 radical (unpaired) electrons. The van der Waals surface area contributed by atoms with Crippen LogP contribution in [-0.2, 0) is 14.8 Å². The highest BCUT2D eigenvalue weighted by Crippen LogP contribution is 2.21. The molecule has 0 unspecified atom stereocenters. The molecule has 0 saturated heterocycles. The summed E-state index contributed by atoms with van der Waals surface area (Å²) in [5.41, 5.74) is 2.08. The number of amides is 1. The zero-order valence-electron chi connectivity index (χ0n) is 18.2. The van der Waals surface area contributed by atoms with Gasteiger partial charge in [0.2, 0.25) is 0 Å². The van der Waals surface area contributed by atoms with Gasteiger partial charge in [-0.2, -0.15) is 0 Å². The third-order valence-electron chi connectivity index (χ3n) is 4.71. The number of benzene rings is 3. The van der Waals surface area contributed by atoms with Crippen molar-refractivity contribution < 1.29 is 22.7 Å². The zero-order valence-corrected chi connectivity index (χ0v) is 19.0. The Hall–Kier alpha value is -3.52. The molecule has 0 aromatic heterocycles. The van der Waals surface area contributed by atoms with E-state index in [1.54, 1.807) is 24.3 Å². The summed E-state index contributed by atoms with van der Waals surface area (Å²) >= 11 is 0. The third-order valence-corrected chi connectivity index (χ3v) is 6.10. The molecule has 32 heavy (non-hydrogen) atoms. The van der Waals surface area contributed by atoms with Crippen LogP contribution in [0, 0.1) is 0 Å². The minimum absolute atomic E-state index is 0.0767. The van der Waals surface area contributed by atoms with Crippen LogP contribution in [0.25, 0.3) is 0 Å². The van der Waals surface area contributed by atoms with Crippen LogP contribution < -0.4 is 19.5 Å². The summed E-state index contributed by atoms with van der Waals surface area (Å²) in [6.07, 6.45) is 0. The lowest BCUT2D eigenvalue weighted by Gasteiger charge is -2.11. The molecule has 2 N–H and O–H groups in total. The molecule has 3 aromatic rings. The maximum atomic E-state index is 12.6. The van der Waals surface area contributed by atoms with Gasteiger partial charge in [-0.05, 0) is 72.1 Å². The van der Waals surface area contributed by atoms with Gasteiger partial charge in [-0.3, -0.25) is 9.52 Å². The van der Waals surface area contributed by atoms with Gasteiger partial charge in [0, 0.05) is 11.4 Å². The van der Waals surface area contributed by atoms with E-state index in [4.69, 9.17) is 9.47 Å². The predicted molar refractivity (Wildman–Crippen MR) is 125 cm³/mol. The quantitative estimate of drug-likeness (QED) is 0.491. The second-order valence-corrected chi connectivity index (χ2v) is 9.10. The van der Waals surface area contributed by atoms with E-state index in [0.29, 0.717) is 28.8 Å². The summed E-state index contributed by atoms with van der Waals surface area (Å²) < 4.78 is 38.2. The van der Waals surface area contributed by atoms with Gasteiger partial charge in [0.05, 0.1) is 12.0 Å². The highest BCUT2D eigenvalue weighted by atomic mass is 32.2. The minimum Gasteiger partial charge on any atom is -0.497 e. The fraction of sp³-hybridized carbons (Fsp3) is 0.208. The number of rotatable bonds is 9. The normalized spacial score (nSPS) is 11.1. The second-order valence-electron chi connectivity index (χ2n) is 7.42. The molecule has 0 saturated carbocycles. The van der Waals surface area contributed by atoms with E-state index >= 15 is 0 Å². The van der Waals surface area contributed by atoms with Crippen molar-refractivity contribution in [3.05, 3.63) is 78.4 Å². The van der Waals surface area contributed by atoms with Gasteiger partial charge in [-0.25, -0.2) is 8.42 Å². The van der Waals surface area contributed by atoms with Gasteiger partial charge >= 0.3 is 0 Å². The lowest BCUT2D eigenvalue weighted by Crippen LogP contribution is -2.20. The predicted octanol–water partition coefficient (Wildman–Crippen LogP) is 4.64. The summed E-state index contributed by atoms with van der Waals surface area (Å²) in [7, 11) is -2.23. The van der Waals surface area contributed by atoms with Gasteiger partial charge in [-0.1, -0.05) is 26.0 Å². The van der Waals surface area contributed by atoms with Crippen LogP contribution in [-0.4, -0.2) is 28.0 Å². The minimum atomic E-state index is -3.76. The molecule has 3 aromatic carbocycles. The number of hydrogen-bond donors (Lipinski definition) is 2. The number of anilines is 2. The third kappa shape index (κ3) is 6.24. The lowest BCUT2D eigenvalue weighted by atomic mass is 10.0. The van der Waals surface area contributed by atoms with Gasteiger partial charge < -0.3 is 14.8 Å². The van der Waals surface area contributed by atoms with Gasteiger partial charge in [0.1, 0.15) is 11.5 Å². The maximum absolute atomic E-state index is 12.6. The molecular weight excluding hydrogens is 428 g/mol. The van der Waals surface area contributed by atoms with E-state index in [1.807, 2.05) is 24.3 Å². The first-order chi connectivity index (χ1) is 15.3. The fourth-order valence-corrected chi connectivity index (χ4v) is 3.94. The molecule has 0 atom stereocenters. The highest BCUT2D eigenvalue weighted by Gasteiger charge is 2.14. The molecule has 0 bridgehead atoms. The Balaban J connectivity index is 1.55. The standard InChI is InChI=1S/C24H26N2O5S/c1-17(2)18-4-10-22(11-5-18)31-16-24(27)25-19-8-14-23(15-9-19)32(28,29)26-20-6-12-21(30-3)13-7-20/h4-15,17,26H,16H2,1-3H3,(H,25,27). The van der Waals surface area contributed by atoms with Gasteiger partial charge in [0.15, 0.2) is 6.61 Å². The van der Waals surface area contributed by atoms with E-state index < -0.39 is 10.0 Å². The van der Waals surface area contributed by atoms with Gasteiger partial charge in [0.25, 0.3) is 15.9 Å². The van der Waals surface area contributed by atoms with Crippen molar-refractivity contribution >= 4 is 27.3 Å². The largest absolute Gasteiger partial charge is 0.497 e. The van der Waals surface area contributed by atoms with Crippen LogP contribution in [0.2, 0.25) is 0 Å². The molecule has 3 rings (SSSR count). The van der Waals surface area contributed by atoms with Crippen LogP contribution >= 0.6 is 0 Å². The van der Waals surface area contributed by atoms with Crippen molar-refractivity contribution in [3.63, 3.8) is 0 Å². The second kappa shape index (κ2) is 10.2. The van der Waals surface area contributed by atoms with Gasteiger partial charge in [-0.15, -0.1) is 0 Å². The molecule has 0 aliphatic rings. The number of sulfonamides is 1. The Labute approximate surface area is 188 Å². The first-order valence-corrected chi connectivity index (χ1v) is 11.5. The van der Waals surface area contributed by atoms with Crippen LogP contribution in [0.5, 0.6) is 11.5 Å². The number of nitrogens with one attached hydrogen (secondary N) is 2. The molecule has 0 aliphatic carbocycles. The smallest absolute Gasteiger partial charge is 0.262 e. The Morgan fingerprint density at radius 3 is 1.97 bits per heavy atom. The van der Waals surface area contributed by atoms with Crippen LogP contribution in [0.3, 0.4) is 0 Å². The molecule has 7 nitrogen and oxygen atoms in total. The average molecular weight is 455 g/mol. The number of hydrogen-bond acceptors (Lipinski definition) is 5.